The van der Waals surface area contributed by atoms with E-state index in [0.29, 0.717) is 6.54 Å². The molecule has 1 heterocycles. The van der Waals surface area contributed by atoms with E-state index in [-0.39, 0.29) is 5.91 Å². The fraction of sp³-hybridized carbons (Fsp3) is 0.462. The molecule has 0 aliphatic rings. The van der Waals surface area contributed by atoms with Gasteiger partial charge in [-0.25, -0.2) is 0 Å². The van der Waals surface area contributed by atoms with Crippen LogP contribution in [0.15, 0.2) is 24.4 Å². The zero-order chi connectivity index (χ0) is 14.3. The van der Waals surface area contributed by atoms with Gasteiger partial charge < -0.3 is 16.0 Å². The molecule has 0 aromatic carbocycles. The Morgan fingerprint density at radius 2 is 2.21 bits per heavy atom. The van der Waals surface area contributed by atoms with Crippen LogP contribution in [0.1, 0.15) is 12.6 Å². The lowest BCUT2D eigenvalue weighted by molar-refractivity contribution is -0.126. The lowest BCUT2D eigenvalue weighted by Crippen LogP contribution is -2.50. The lowest BCUT2D eigenvalue weighted by atomic mass is 10.2. The zero-order valence-corrected chi connectivity index (χ0v) is 11.3. The Hall–Kier alpha value is -1.95. The molecule has 2 amide bonds. The molecule has 1 unspecified atom stereocenters. The van der Waals surface area contributed by atoms with Gasteiger partial charge in [-0.3, -0.25) is 14.6 Å². The first-order valence-electron chi connectivity index (χ1n) is 6.14. The van der Waals surface area contributed by atoms with Crippen LogP contribution in [0, 0.1) is 0 Å². The summed E-state index contributed by atoms with van der Waals surface area (Å²) in [7, 11) is 1.88. The van der Waals surface area contributed by atoms with Crippen molar-refractivity contribution < 1.29 is 9.59 Å². The van der Waals surface area contributed by atoms with Gasteiger partial charge in [-0.15, -0.1) is 0 Å². The average molecular weight is 264 g/mol. The van der Waals surface area contributed by atoms with Crippen LogP contribution in [-0.4, -0.2) is 47.9 Å². The highest BCUT2D eigenvalue weighted by Gasteiger charge is 2.18. The molecule has 1 rings (SSSR count). The van der Waals surface area contributed by atoms with Crippen molar-refractivity contribution in [3.8, 4) is 0 Å². The molecule has 0 aliphatic carbocycles. The third kappa shape index (κ3) is 5.96. The normalized spacial score (nSPS) is 12.2. The standard InChI is InChI=1S/C13H20N4O2/c1-10(18)16-12(13(14)19)9-17(2)8-6-11-5-3-4-7-15-11/h3-5,7,12H,6,8-9H2,1-2H3,(H2,14,19)(H,16,18). The Morgan fingerprint density at radius 3 is 2.74 bits per heavy atom. The van der Waals surface area contributed by atoms with E-state index in [9.17, 15) is 9.59 Å². The van der Waals surface area contributed by atoms with Crippen molar-refractivity contribution >= 4 is 11.8 Å². The molecule has 3 N–H and O–H groups in total. The molecule has 0 bridgehead atoms. The van der Waals surface area contributed by atoms with Crippen LogP contribution in [0.5, 0.6) is 0 Å². The number of carbonyl (C=O) groups is 2. The van der Waals surface area contributed by atoms with E-state index >= 15 is 0 Å². The van der Waals surface area contributed by atoms with Gasteiger partial charge in [-0.05, 0) is 19.2 Å². The van der Waals surface area contributed by atoms with Gasteiger partial charge in [-0.1, -0.05) is 6.07 Å². The summed E-state index contributed by atoms with van der Waals surface area (Å²) in [5.41, 5.74) is 6.24. The average Bonchev–Trinajstić information content (AvgIpc) is 2.36. The number of nitrogens with one attached hydrogen (secondary N) is 1. The van der Waals surface area contributed by atoms with E-state index in [0.717, 1.165) is 18.7 Å². The molecular weight excluding hydrogens is 244 g/mol. The van der Waals surface area contributed by atoms with Crippen LogP contribution in [0.25, 0.3) is 0 Å². The summed E-state index contributed by atoms with van der Waals surface area (Å²) in [6.45, 7) is 2.49. The second kappa shape index (κ2) is 7.48. The van der Waals surface area contributed by atoms with Gasteiger partial charge in [0.25, 0.3) is 0 Å². The van der Waals surface area contributed by atoms with E-state index in [2.05, 4.69) is 10.3 Å². The fourth-order valence-electron chi connectivity index (χ4n) is 1.71. The van der Waals surface area contributed by atoms with Gasteiger partial charge in [0.1, 0.15) is 6.04 Å². The van der Waals surface area contributed by atoms with Crippen LogP contribution in [0.2, 0.25) is 0 Å². The van der Waals surface area contributed by atoms with Crippen molar-refractivity contribution in [3.63, 3.8) is 0 Å². The van der Waals surface area contributed by atoms with E-state index in [1.54, 1.807) is 6.20 Å². The Balaban J connectivity index is 2.42. The number of likely N-dealkylation sites (N-methyl/N-ethyl adjacent to an activating group) is 1. The van der Waals surface area contributed by atoms with E-state index in [1.165, 1.54) is 6.92 Å². The highest BCUT2D eigenvalue weighted by molar-refractivity contribution is 5.85. The number of amides is 2. The molecule has 0 saturated carbocycles. The number of aromatic nitrogens is 1. The molecule has 0 fully saturated rings. The summed E-state index contributed by atoms with van der Waals surface area (Å²) in [6.07, 6.45) is 2.53. The van der Waals surface area contributed by atoms with E-state index < -0.39 is 11.9 Å². The van der Waals surface area contributed by atoms with Crippen molar-refractivity contribution in [2.45, 2.75) is 19.4 Å². The maximum atomic E-state index is 11.2. The molecular formula is C13H20N4O2. The van der Waals surface area contributed by atoms with Gasteiger partial charge >= 0.3 is 0 Å². The number of pyridine rings is 1. The van der Waals surface area contributed by atoms with Crippen LogP contribution >= 0.6 is 0 Å². The smallest absolute Gasteiger partial charge is 0.241 e. The Bertz CT molecular complexity index is 422. The molecule has 0 aliphatic heterocycles. The highest BCUT2D eigenvalue weighted by Crippen LogP contribution is 1.97. The number of carbonyl (C=O) groups excluding carboxylic acids is 2. The molecule has 6 nitrogen and oxygen atoms in total. The monoisotopic (exact) mass is 264 g/mol. The van der Waals surface area contributed by atoms with Gasteiger partial charge in [0.2, 0.25) is 11.8 Å². The van der Waals surface area contributed by atoms with Gasteiger partial charge in [0, 0.05) is 38.3 Å². The quantitative estimate of drug-likeness (QED) is 0.698. The van der Waals surface area contributed by atoms with Crippen molar-refractivity contribution in [2.75, 3.05) is 20.1 Å². The molecule has 19 heavy (non-hydrogen) atoms. The molecule has 104 valence electrons. The summed E-state index contributed by atoms with van der Waals surface area (Å²) in [6, 6.07) is 5.10. The number of hydrogen-bond donors (Lipinski definition) is 2. The predicted molar refractivity (Wildman–Crippen MR) is 72.2 cm³/mol. The minimum Gasteiger partial charge on any atom is -0.368 e. The number of nitrogens with zero attached hydrogens (tertiary/aromatic N) is 2. The van der Waals surface area contributed by atoms with E-state index in [1.807, 2.05) is 30.1 Å². The maximum Gasteiger partial charge on any atom is 0.241 e. The number of rotatable bonds is 7. The van der Waals surface area contributed by atoms with Crippen molar-refractivity contribution in [1.29, 1.82) is 0 Å². The second-order valence-electron chi connectivity index (χ2n) is 4.49. The van der Waals surface area contributed by atoms with Crippen LogP contribution in [-0.2, 0) is 16.0 Å². The minimum absolute atomic E-state index is 0.262. The summed E-state index contributed by atoms with van der Waals surface area (Å²) in [5.74, 6) is -0.790. The van der Waals surface area contributed by atoms with Crippen molar-refractivity contribution in [2.24, 2.45) is 5.73 Å². The molecule has 1 aromatic rings. The lowest BCUT2D eigenvalue weighted by Gasteiger charge is -2.22. The number of hydrogen-bond acceptors (Lipinski definition) is 4. The fourth-order valence-corrected chi connectivity index (χ4v) is 1.71. The van der Waals surface area contributed by atoms with Gasteiger partial charge in [-0.2, -0.15) is 0 Å². The molecule has 1 aromatic heterocycles. The molecule has 0 spiro atoms. The maximum absolute atomic E-state index is 11.2. The molecule has 0 saturated heterocycles. The largest absolute Gasteiger partial charge is 0.368 e. The summed E-state index contributed by atoms with van der Waals surface area (Å²) in [5, 5.41) is 2.54. The first-order valence-corrected chi connectivity index (χ1v) is 6.14. The van der Waals surface area contributed by atoms with Crippen molar-refractivity contribution in [1.82, 2.24) is 15.2 Å². The number of nitrogens with two attached hydrogens (primary N) is 1. The predicted octanol–water partition coefficient (Wildman–Crippen LogP) is -0.454. The van der Waals surface area contributed by atoms with Crippen LogP contribution in [0.4, 0.5) is 0 Å². The third-order valence-corrected chi connectivity index (χ3v) is 2.69. The first-order chi connectivity index (χ1) is 8.99. The van der Waals surface area contributed by atoms with Crippen LogP contribution < -0.4 is 11.1 Å². The SMILES string of the molecule is CC(=O)NC(CN(C)CCc1ccccn1)C(N)=O. The van der Waals surface area contributed by atoms with Gasteiger partial charge in [0.05, 0.1) is 0 Å². The topological polar surface area (TPSA) is 88.3 Å². The molecule has 6 heteroatoms. The third-order valence-electron chi connectivity index (χ3n) is 2.69. The minimum atomic E-state index is -0.661. The Morgan fingerprint density at radius 1 is 1.47 bits per heavy atom. The van der Waals surface area contributed by atoms with Gasteiger partial charge in [0.15, 0.2) is 0 Å². The molecule has 1 atom stereocenters. The summed E-state index contributed by atoms with van der Waals surface area (Å²) in [4.78, 5) is 28.4. The van der Waals surface area contributed by atoms with E-state index in [4.69, 9.17) is 5.73 Å². The Labute approximate surface area is 113 Å². The Kier molecular flexibility index (Phi) is 5.95. The summed E-state index contributed by atoms with van der Waals surface area (Å²) < 4.78 is 0. The molecule has 0 radical (unpaired) electrons. The number of primary amides is 1. The van der Waals surface area contributed by atoms with Crippen LogP contribution in [0.3, 0.4) is 0 Å². The first kappa shape index (κ1) is 15.1. The second-order valence-corrected chi connectivity index (χ2v) is 4.49. The summed E-state index contributed by atoms with van der Waals surface area (Å²) >= 11 is 0. The zero-order valence-electron chi connectivity index (χ0n) is 11.3. The highest BCUT2D eigenvalue weighted by atomic mass is 16.2. The van der Waals surface area contributed by atoms with Crippen molar-refractivity contribution in [3.05, 3.63) is 30.1 Å².